The molecule has 1 aromatic rings. The monoisotopic (exact) mass is 278 g/mol. The third kappa shape index (κ3) is 2.74. The van der Waals surface area contributed by atoms with E-state index in [-0.39, 0.29) is 0 Å². The Morgan fingerprint density at radius 1 is 1.26 bits per heavy atom. The van der Waals surface area contributed by atoms with Gasteiger partial charge in [-0.1, -0.05) is 12.8 Å². The summed E-state index contributed by atoms with van der Waals surface area (Å²) in [5.41, 5.74) is 6.13. The molecule has 1 aromatic heterocycles. The summed E-state index contributed by atoms with van der Waals surface area (Å²) in [5, 5.41) is 0. The van der Waals surface area contributed by atoms with Gasteiger partial charge in [0.15, 0.2) is 0 Å². The van der Waals surface area contributed by atoms with E-state index in [0.29, 0.717) is 6.04 Å². The Kier molecular flexibility index (Phi) is 4.25. The molecule has 3 rings (SSSR count). The van der Waals surface area contributed by atoms with Gasteiger partial charge in [0.1, 0.15) is 0 Å². The molecule has 2 heterocycles. The van der Waals surface area contributed by atoms with Crippen LogP contribution in [0.2, 0.25) is 0 Å². The van der Waals surface area contributed by atoms with Crippen molar-refractivity contribution < 1.29 is 0 Å². The number of hydrogen-bond donors (Lipinski definition) is 1. The Hall–Kier alpha value is -0.380. The van der Waals surface area contributed by atoms with E-state index in [1.54, 1.807) is 0 Å². The number of fused-ring (bicyclic) bond motifs is 1. The van der Waals surface area contributed by atoms with Gasteiger partial charge in [-0.25, -0.2) is 0 Å². The Morgan fingerprint density at radius 2 is 2.05 bits per heavy atom. The highest BCUT2D eigenvalue weighted by atomic mass is 32.1. The maximum Gasteiger partial charge on any atom is 0.0566 e. The molecule has 2 aliphatic rings. The lowest BCUT2D eigenvalue weighted by Gasteiger charge is -2.47. The Labute approximate surface area is 121 Å². The van der Waals surface area contributed by atoms with Crippen LogP contribution in [0.25, 0.3) is 0 Å². The van der Waals surface area contributed by atoms with E-state index >= 15 is 0 Å². The highest BCUT2D eigenvalue weighted by Crippen LogP contribution is 2.40. The average Bonchev–Trinajstić information content (AvgIpc) is 2.86. The van der Waals surface area contributed by atoms with E-state index in [1.807, 2.05) is 11.3 Å². The maximum absolute atomic E-state index is 6.13. The molecule has 1 aliphatic carbocycles. The summed E-state index contributed by atoms with van der Waals surface area (Å²) >= 11 is 1.93. The van der Waals surface area contributed by atoms with Crippen molar-refractivity contribution in [2.75, 3.05) is 13.1 Å². The van der Waals surface area contributed by atoms with Crippen molar-refractivity contribution in [3.05, 3.63) is 21.9 Å². The molecule has 0 radical (unpaired) electrons. The van der Waals surface area contributed by atoms with Crippen LogP contribution in [0.3, 0.4) is 0 Å². The molecular formula is C16H26N2S. The highest BCUT2D eigenvalue weighted by molar-refractivity contribution is 7.12. The van der Waals surface area contributed by atoms with Gasteiger partial charge in [0, 0.05) is 22.3 Å². The molecule has 106 valence electrons. The lowest BCUT2D eigenvalue weighted by molar-refractivity contribution is 0.0287. The highest BCUT2D eigenvalue weighted by Gasteiger charge is 2.36. The quantitative estimate of drug-likeness (QED) is 0.913. The van der Waals surface area contributed by atoms with E-state index in [4.69, 9.17) is 5.73 Å². The van der Waals surface area contributed by atoms with E-state index in [2.05, 4.69) is 24.0 Å². The van der Waals surface area contributed by atoms with Crippen LogP contribution in [0, 0.1) is 12.8 Å². The lowest BCUT2D eigenvalue weighted by atomic mass is 9.77. The van der Waals surface area contributed by atoms with Crippen molar-refractivity contribution >= 4 is 11.3 Å². The molecule has 3 heteroatoms. The number of likely N-dealkylation sites (tertiary alicyclic amines) is 1. The van der Waals surface area contributed by atoms with Crippen LogP contribution in [0.5, 0.6) is 0 Å². The summed E-state index contributed by atoms with van der Waals surface area (Å²) in [6, 6.07) is 5.80. The number of thiophene rings is 1. The van der Waals surface area contributed by atoms with Crippen LogP contribution in [-0.4, -0.2) is 24.0 Å². The summed E-state index contributed by atoms with van der Waals surface area (Å²) in [6.45, 7) is 4.21. The number of nitrogens with two attached hydrogens (primary N) is 1. The van der Waals surface area contributed by atoms with Gasteiger partial charge in [0.05, 0.1) is 6.04 Å². The maximum atomic E-state index is 6.13. The Bertz CT molecular complexity index is 413. The molecule has 2 N–H and O–H groups in total. The summed E-state index contributed by atoms with van der Waals surface area (Å²) in [7, 11) is 0. The SMILES string of the molecule is Cc1ccc(C(CN)N2CCCC3CCCCC32)s1. The van der Waals surface area contributed by atoms with Crippen LogP contribution in [-0.2, 0) is 0 Å². The van der Waals surface area contributed by atoms with Gasteiger partial charge in [0.2, 0.25) is 0 Å². The molecular weight excluding hydrogens is 252 g/mol. The van der Waals surface area contributed by atoms with Crippen molar-refractivity contribution in [2.24, 2.45) is 11.7 Å². The Balaban J connectivity index is 1.81. The van der Waals surface area contributed by atoms with E-state index < -0.39 is 0 Å². The molecule has 19 heavy (non-hydrogen) atoms. The second-order valence-corrected chi connectivity index (χ2v) is 7.51. The fourth-order valence-corrected chi connectivity index (χ4v) is 5.11. The molecule has 0 bridgehead atoms. The molecule has 0 amide bonds. The minimum atomic E-state index is 0.463. The van der Waals surface area contributed by atoms with Crippen LogP contribution in [0.15, 0.2) is 12.1 Å². The molecule has 1 saturated heterocycles. The van der Waals surface area contributed by atoms with Gasteiger partial charge in [-0.05, 0) is 57.2 Å². The summed E-state index contributed by atoms with van der Waals surface area (Å²) in [4.78, 5) is 5.63. The number of piperidine rings is 1. The zero-order valence-corrected chi connectivity index (χ0v) is 12.8. The Morgan fingerprint density at radius 3 is 2.79 bits per heavy atom. The number of hydrogen-bond acceptors (Lipinski definition) is 3. The molecule has 3 unspecified atom stereocenters. The third-order valence-electron chi connectivity index (χ3n) is 5.00. The summed E-state index contributed by atoms with van der Waals surface area (Å²) in [5.74, 6) is 0.942. The standard InChI is InChI=1S/C16H26N2S/c1-12-8-9-16(19-12)15(11-17)18-10-4-6-13-5-2-3-7-14(13)18/h8-9,13-15H,2-7,10-11,17H2,1H3. The second kappa shape index (κ2) is 5.94. The normalized spacial score (nSPS) is 30.0. The van der Waals surface area contributed by atoms with Crippen LogP contribution in [0.1, 0.15) is 54.3 Å². The smallest absolute Gasteiger partial charge is 0.0566 e. The summed E-state index contributed by atoms with van der Waals surface area (Å²) < 4.78 is 0. The first kappa shape index (κ1) is 13.6. The van der Waals surface area contributed by atoms with Crippen LogP contribution in [0.4, 0.5) is 0 Å². The lowest BCUT2D eigenvalue weighted by Crippen LogP contribution is -2.49. The zero-order valence-electron chi connectivity index (χ0n) is 12.0. The molecule has 1 aliphatic heterocycles. The number of aryl methyl sites for hydroxylation is 1. The van der Waals surface area contributed by atoms with Gasteiger partial charge in [-0.2, -0.15) is 0 Å². The first-order valence-electron chi connectivity index (χ1n) is 7.81. The van der Waals surface area contributed by atoms with Gasteiger partial charge in [-0.15, -0.1) is 11.3 Å². The average molecular weight is 278 g/mol. The first-order chi connectivity index (χ1) is 9.29. The molecule has 2 nitrogen and oxygen atoms in total. The third-order valence-corrected chi connectivity index (χ3v) is 6.10. The molecule has 1 saturated carbocycles. The van der Waals surface area contributed by atoms with Crippen molar-refractivity contribution in [3.63, 3.8) is 0 Å². The first-order valence-corrected chi connectivity index (χ1v) is 8.63. The largest absolute Gasteiger partial charge is 0.329 e. The van der Waals surface area contributed by atoms with Gasteiger partial charge >= 0.3 is 0 Å². The summed E-state index contributed by atoms with van der Waals surface area (Å²) in [6.07, 6.45) is 8.51. The minimum absolute atomic E-state index is 0.463. The van der Waals surface area contributed by atoms with E-state index in [9.17, 15) is 0 Å². The van der Waals surface area contributed by atoms with Crippen molar-refractivity contribution in [1.29, 1.82) is 0 Å². The molecule has 0 spiro atoms. The predicted molar refractivity (Wildman–Crippen MR) is 82.5 cm³/mol. The van der Waals surface area contributed by atoms with Crippen LogP contribution < -0.4 is 5.73 Å². The molecule has 0 aromatic carbocycles. The second-order valence-electron chi connectivity index (χ2n) is 6.19. The number of rotatable bonds is 3. The van der Waals surface area contributed by atoms with Crippen molar-refractivity contribution in [3.8, 4) is 0 Å². The van der Waals surface area contributed by atoms with E-state index in [1.165, 1.54) is 54.8 Å². The zero-order chi connectivity index (χ0) is 13.2. The molecule has 2 fully saturated rings. The fraction of sp³-hybridized carbons (Fsp3) is 0.750. The van der Waals surface area contributed by atoms with Crippen molar-refractivity contribution in [2.45, 2.75) is 57.5 Å². The predicted octanol–water partition coefficient (Wildman–Crippen LogP) is 3.71. The van der Waals surface area contributed by atoms with Gasteiger partial charge in [-0.3, -0.25) is 4.90 Å². The van der Waals surface area contributed by atoms with E-state index in [0.717, 1.165) is 18.5 Å². The van der Waals surface area contributed by atoms with Crippen molar-refractivity contribution in [1.82, 2.24) is 4.90 Å². The van der Waals surface area contributed by atoms with Crippen LogP contribution >= 0.6 is 11.3 Å². The molecule has 3 atom stereocenters. The fourth-order valence-electron chi connectivity index (χ4n) is 4.10. The van der Waals surface area contributed by atoms with Gasteiger partial charge < -0.3 is 5.73 Å². The van der Waals surface area contributed by atoms with Gasteiger partial charge in [0.25, 0.3) is 0 Å². The minimum Gasteiger partial charge on any atom is -0.329 e. The number of nitrogens with zero attached hydrogens (tertiary/aromatic N) is 1. The topological polar surface area (TPSA) is 29.3 Å².